The Morgan fingerprint density at radius 2 is 2.00 bits per heavy atom. The first-order valence-electron chi connectivity index (χ1n) is 5.74. The molecule has 1 aromatic heterocycles. The van der Waals surface area contributed by atoms with Crippen LogP contribution in [0.15, 0.2) is 30.5 Å². The van der Waals surface area contributed by atoms with Crippen molar-refractivity contribution in [3.8, 4) is 11.4 Å². The predicted octanol–water partition coefficient (Wildman–Crippen LogP) is 1.96. The van der Waals surface area contributed by atoms with Gasteiger partial charge in [-0.2, -0.15) is 0 Å². The van der Waals surface area contributed by atoms with E-state index in [0.29, 0.717) is 18.9 Å². The molecule has 18 heavy (non-hydrogen) atoms. The van der Waals surface area contributed by atoms with Gasteiger partial charge in [-0.25, -0.2) is 14.4 Å². The molecule has 0 fully saturated rings. The molecule has 0 aliphatic rings. The number of nitrogens with one attached hydrogen (secondary N) is 1. The molecule has 0 bridgehead atoms. The lowest BCUT2D eigenvalue weighted by Gasteiger charge is -2.08. The van der Waals surface area contributed by atoms with Gasteiger partial charge in [0.25, 0.3) is 0 Å². The van der Waals surface area contributed by atoms with Crippen molar-refractivity contribution in [2.75, 3.05) is 18.4 Å². The van der Waals surface area contributed by atoms with E-state index in [4.69, 9.17) is 5.73 Å². The summed E-state index contributed by atoms with van der Waals surface area (Å²) in [6.45, 7) is 3.13. The molecular formula is C13H15FN4. The van der Waals surface area contributed by atoms with Crippen molar-refractivity contribution in [3.63, 3.8) is 0 Å². The number of benzene rings is 1. The van der Waals surface area contributed by atoms with Crippen LogP contribution in [0.3, 0.4) is 0 Å². The first kappa shape index (κ1) is 12.4. The Hall–Kier alpha value is -2.01. The minimum absolute atomic E-state index is 0.267. The molecule has 0 saturated carbocycles. The minimum Gasteiger partial charge on any atom is -0.381 e. The van der Waals surface area contributed by atoms with Gasteiger partial charge in [-0.3, -0.25) is 0 Å². The summed E-state index contributed by atoms with van der Waals surface area (Å²) in [5.41, 5.74) is 7.93. The maximum Gasteiger partial charge on any atom is 0.159 e. The highest BCUT2D eigenvalue weighted by atomic mass is 19.1. The van der Waals surface area contributed by atoms with Gasteiger partial charge in [0.1, 0.15) is 5.82 Å². The van der Waals surface area contributed by atoms with E-state index in [1.165, 1.54) is 12.1 Å². The number of aromatic nitrogens is 2. The number of anilines is 1. The molecule has 0 atom stereocenters. The molecule has 3 N–H and O–H groups in total. The molecular weight excluding hydrogens is 231 g/mol. The highest BCUT2D eigenvalue weighted by Gasteiger charge is 2.05. The fraction of sp³-hybridized carbons (Fsp3) is 0.231. The Balaban J connectivity index is 2.25. The molecule has 2 rings (SSSR count). The lowest BCUT2D eigenvalue weighted by atomic mass is 10.2. The third kappa shape index (κ3) is 2.81. The van der Waals surface area contributed by atoms with Crippen LogP contribution in [0.5, 0.6) is 0 Å². The van der Waals surface area contributed by atoms with Gasteiger partial charge in [0.15, 0.2) is 5.82 Å². The number of halogens is 1. The average Bonchev–Trinajstić information content (AvgIpc) is 2.38. The van der Waals surface area contributed by atoms with Crippen LogP contribution >= 0.6 is 0 Å². The Kier molecular flexibility index (Phi) is 3.84. The Labute approximate surface area is 105 Å². The fourth-order valence-corrected chi connectivity index (χ4v) is 1.59. The predicted molar refractivity (Wildman–Crippen MR) is 69.7 cm³/mol. The molecule has 0 unspecified atom stereocenters. The van der Waals surface area contributed by atoms with Gasteiger partial charge in [0.2, 0.25) is 0 Å². The van der Waals surface area contributed by atoms with Gasteiger partial charge in [0.05, 0.1) is 17.6 Å². The van der Waals surface area contributed by atoms with Crippen molar-refractivity contribution in [1.29, 1.82) is 0 Å². The summed E-state index contributed by atoms with van der Waals surface area (Å²) in [6.07, 6.45) is 1.72. The zero-order valence-corrected chi connectivity index (χ0v) is 10.2. The lowest BCUT2D eigenvalue weighted by Crippen LogP contribution is -2.14. The van der Waals surface area contributed by atoms with Gasteiger partial charge in [0, 0.05) is 18.7 Å². The van der Waals surface area contributed by atoms with Crippen LogP contribution in [0.1, 0.15) is 5.69 Å². The Morgan fingerprint density at radius 1 is 1.28 bits per heavy atom. The second kappa shape index (κ2) is 5.55. The Bertz CT molecular complexity index is 525. The number of hydrogen-bond donors (Lipinski definition) is 2. The summed E-state index contributed by atoms with van der Waals surface area (Å²) in [4.78, 5) is 8.64. The number of nitrogens with zero attached hydrogens (tertiary/aromatic N) is 2. The standard InChI is InChI=1S/C13H15FN4/c1-9-12(16-7-6-15)8-17-13(18-9)10-2-4-11(14)5-3-10/h2-5,8,16H,6-7,15H2,1H3. The van der Waals surface area contributed by atoms with E-state index in [-0.39, 0.29) is 5.82 Å². The average molecular weight is 246 g/mol. The maximum atomic E-state index is 12.8. The maximum absolute atomic E-state index is 12.8. The van der Waals surface area contributed by atoms with E-state index >= 15 is 0 Å². The highest BCUT2D eigenvalue weighted by molar-refractivity contribution is 5.57. The van der Waals surface area contributed by atoms with Gasteiger partial charge in [-0.05, 0) is 31.2 Å². The zero-order chi connectivity index (χ0) is 13.0. The van der Waals surface area contributed by atoms with E-state index in [1.807, 2.05) is 6.92 Å². The fourth-order valence-electron chi connectivity index (χ4n) is 1.59. The second-order valence-electron chi connectivity index (χ2n) is 3.92. The molecule has 0 aliphatic heterocycles. The third-order valence-electron chi connectivity index (χ3n) is 2.54. The molecule has 1 heterocycles. The molecule has 0 spiro atoms. The molecule has 5 heteroatoms. The Morgan fingerprint density at radius 3 is 2.61 bits per heavy atom. The van der Waals surface area contributed by atoms with Crippen molar-refractivity contribution in [2.24, 2.45) is 5.73 Å². The van der Waals surface area contributed by atoms with E-state index in [1.54, 1.807) is 18.3 Å². The molecule has 0 radical (unpaired) electrons. The monoisotopic (exact) mass is 246 g/mol. The number of hydrogen-bond acceptors (Lipinski definition) is 4. The molecule has 2 aromatic rings. The quantitative estimate of drug-likeness (QED) is 0.865. The van der Waals surface area contributed by atoms with E-state index < -0.39 is 0 Å². The van der Waals surface area contributed by atoms with Crippen molar-refractivity contribution in [1.82, 2.24) is 9.97 Å². The number of nitrogens with two attached hydrogens (primary N) is 1. The van der Waals surface area contributed by atoms with Gasteiger partial charge in [-0.1, -0.05) is 0 Å². The molecule has 1 aromatic carbocycles. The van der Waals surface area contributed by atoms with Crippen LogP contribution in [0, 0.1) is 12.7 Å². The van der Waals surface area contributed by atoms with Crippen LogP contribution < -0.4 is 11.1 Å². The van der Waals surface area contributed by atoms with E-state index in [0.717, 1.165) is 16.9 Å². The van der Waals surface area contributed by atoms with E-state index in [2.05, 4.69) is 15.3 Å². The largest absolute Gasteiger partial charge is 0.381 e. The summed E-state index contributed by atoms with van der Waals surface area (Å²) in [5, 5.41) is 3.14. The van der Waals surface area contributed by atoms with Crippen LogP contribution in [0.4, 0.5) is 10.1 Å². The van der Waals surface area contributed by atoms with Crippen LogP contribution in [-0.4, -0.2) is 23.1 Å². The molecule has 0 saturated heterocycles. The molecule has 0 amide bonds. The van der Waals surface area contributed by atoms with Crippen LogP contribution in [0.25, 0.3) is 11.4 Å². The molecule has 4 nitrogen and oxygen atoms in total. The van der Waals surface area contributed by atoms with Gasteiger partial charge in [-0.15, -0.1) is 0 Å². The lowest BCUT2D eigenvalue weighted by molar-refractivity contribution is 0.628. The smallest absolute Gasteiger partial charge is 0.159 e. The first-order valence-corrected chi connectivity index (χ1v) is 5.74. The third-order valence-corrected chi connectivity index (χ3v) is 2.54. The second-order valence-corrected chi connectivity index (χ2v) is 3.92. The van der Waals surface area contributed by atoms with Crippen molar-refractivity contribution in [2.45, 2.75) is 6.92 Å². The van der Waals surface area contributed by atoms with Crippen molar-refractivity contribution >= 4 is 5.69 Å². The summed E-state index contributed by atoms with van der Waals surface area (Å²) >= 11 is 0. The van der Waals surface area contributed by atoms with Crippen molar-refractivity contribution < 1.29 is 4.39 Å². The summed E-state index contributed by atoms with van der Waals surface area (Å²) in [5.74, 6) is 0.322. The number of rotatable bonds is 4. The van der Waals surface area contributed by atoms with E-state index in [9.17, 15) is 4.39 Å². The molecule has 94 valence electrons. The topological polar surface area (TPSA) is 63.8 Å². The van der Waals surface area contributed by atoms with Crippen LogP contribution in [-0.2, 0) is 0 Å². The summed E-state index contributed by atoms with van der Waals surface area (Å²) in [7, 11) is 0. The van der Waals surface area contributed by atoms with Crippen LogP contribution in [0.2, 0.25) is 0 Å². The minimum atomic E-state index is -0.267. The molecule has 0 aliphatic carbocycles. The normalized spacial score (nSPS) is 10.4. The highest BCUT2D eigenvalue weighted by Crippen LogP contribution is 2.18. The summed E-state index contributed by atoms with van der Waals surface area (Å²) in [6, 6.07) is 6.12. The first-order chi connectivity index (χ1) is 8.70. The zero-order valence-electron chi connectivity index (χ0n) is 10.2. The SMILES string of the molecule is Cc1nc(-c2ccc(F)cc2)ncc1NCCN. The van der Waals surface area contributed by atoms with Crippen molar-refractivity contribution in [3.05, 3.63) is 42.0 Å². The summed E-state index contributed by atoms with van der Waals surface area (Å²) < 4.78 is 12.8. The van der Waals surface area contributed by atoms with Gasteiger partial charge < -0.3 is 11.1 Å². The van der Waals surface area contributed by atoms with Gasteiger partial charge >= 0.3 is 0 Å². The number of aryl methyl sites for hydroxylation is 1.